The highest BCUT2D eigenvalue weighted by Crippen LogP contribution is 2.26. The lowest BCUT2D eigenvalue weighted by Crippen LogP contribution is -2.47. The maximum atomic E-state index is 13.7. The third-order valence-electron chi connectivity index (χ3n) is 6.92. The number of hydrogen-bond donors (Lipinski definition) is 0. The Labute approximate surface area is 241 Å². The average molecular weight is 579 g/mol. The van der Waals surface area contributed by atoms with Crippen LogP contribution in [0.1, 0.15) is 39.2 Å². The number of carbonyl (C=O) groups excluding carboxylic acids is 1. The second-order valence-electron chi connectivity index (χ2n) is 11.3. The minimum atomic E-state index is -0.728. The Bertz CT molecular complexity index is 1620. The Kier molecular flexibility index (Phi) is 8.06. The molecular weight excluding hydrogens is 546 g/mol. The van der Waals surface area contributed by atoms with E-state index in [0.717, 1.165) is 36.6 Å². The smallest absolute Gasteiger partial charge is 0.410 e. The van der Waals surface area contributed by atoms with Gasteiger partial charge in [-0.15, -0.1) is 0 Å². The summed E-state index contributed by atoms with van der Waals surface area (Å²) in [6, 6.07) is 13.6. The number of hydrogen-bond acceptors (Lipinski definition) is 8. The number of anilines is 1. The van der Waals surface area contributed by atoms with Crippen LogP contribution in [-0.2, 0) is 11.3 Å². The summed E-state index contributed by atoms with van der Waals surface area (Å²) in [5, 5.41) is 8.47. The lowest BCUT2D eigenvalue weighted by Gasteiger charge is -2.36. The van der Waals surface area contributed by atoms with Crippen LogP contribution in [0.15, 0.2) is 63.9 Å². The van der Waals surface area contributed by atoms with Crippen LogP contribution in [0.3, 0.4) is 0 Å². The molecule has 1 aliphatic rings. The van der Waals surface area contributed by atoms with Gasteiger partial charge in [0, 0.05) is 49.4 Å². The molecule has 0 N–H and O–H groups in total. The SMILES string of the molecule is CN(c1nc(-c2cccc(Cn3nc(-c4cc(F)cc(F)c4)ccc3=O)c2)no1)C1CCN(C(=O)OC(C)(C)C)CC1. The fourth-order valence-electron chi connectivity index (χ4n) is 4.79. The molecule has 1 aliphatic heterocycles. The highest BCUT2D eigenvalue weighted by Gasteiger charge is 2.30. The number of piperidine rings is 1. The fraction of sp³-hybridized carbons (Fsp3) is 0.367. The third-order valence-corrected chi connectivity index (χ3v) is 6.92. The number of carbonyl (C=O) groups is 1. The van der Waals surface area contributed by atoms with Gasteiger partial charge in [-0.25, -0.2) is 18.3 Å². The van der Waals surface area contributed by atoms with Crippen LogP contribution in [0.4, 0.5) is 19.6 Å². The quantitative estimate of drug-likeness (QED) is 0.310. The van der Waals surface area contributed by atoms with Gasteiger partial charge < -0.3 is 19.1 Å². The molecule has 220 valence electrons. The van der Waals surface area contributed by atoms with Gasteiger partial charge in [-0.3, -0.25) is 4.79 Å². The molecule has 0 unspecified atom stereocenters. The molecule has 10 nitrogen and oxygen atoms in total. The molecule has 1 fully saturated rings. The van der Waals surface area contributed by atoms with E-state index in [9.17, 15) is 18.4 Å². The summed E-state index contributed by atoms with van der Waals surface area (Å²) in [6.45, 7) is 6.80. The number of benzene rings is 2. The lowest BCUT2D eigenvalue weighted by atomic mass is 10.0. The zero-order valence-electron chi connectivity index (χ0n) is 23.9. The van der Waals surface area contributed by atoms with Crippen molar-refractivity contribution < 1.29 is 22.8 Å². The molecule has 0 aliphatic carbocycles. The summed E-state index contributed by atoms with van der Waals surface area (Å²) in [4.78, 5) is 33.1. The predicted octanol–water partition coefficient (Wildman–Crippen LogP) is 5.12. The van der Waals surface area contributed by atoms with Gasteiger partial charge in [-0.2, -0.15) is 10.1 Å². The molecule has 42 heavy (non-hydrogen) atoms. The van der Waals surface area contributed by atoms with Crippen LogP contribution in [0.5, 0.6) is 0 Å². The molecule has 1 amide bonds. The molecule has 0 radical (unpaired) electrons. The average Bonchev–Trinajstić information content (AvgIpc) is 3.43. The maximum absolute atomic E-state index is 13.7. The van der Waals surface area contributed by atoms with Gasteiger partial charge in [-0.1, -0.05) is 23.4 Å². The molecule has 2 aromatic carbocycles. The Hall–Kier alpha value is -4.61. The number of nitrogens with zero attached hydrogens (tertiary/aromatic N) is 6. The molecule has 0 saturated carbocycles. The molecule has 5 rings (SSSR count). The van der Waals surface area contributed by atoms with Gasteiger partial charge in [0.2, 0.25) is 5.82 Å². The fourth-order valence-corrected chi connectivity index (χ4v) is 4.79. The first-order valence-electron chi connectivity index (χ1n) is 13.6. The summed E-state index contributed by atoms with van der Waals surface area (Å²) in [7, 11) is 1.89. The van der Waals surface area contributed by atoms with Crippen LogP contribution in [-0.4, -0.2) is 62.7 Å². The van der Waals surface area contributed by atoms with E-state index in [1.165, 1.54) is 16.8 Å². The number of aromatic nitrogens is 4. The highest BCUT2D eigenvalue weighted by molar-refractivity contribution is 5.68. The van der Waals surface area contributed by atoms with Crippen molar-refractivity contribution in [3.63, 3.8) is 0 Å². The summed E-state index contributed by atoms with van der Waals surface area (Å²) in [5.41, 5.74) is 1.04. The molecule has 1 saturated heterocycles. The van der Waals surface area contributed by atoms with E-state index in [0.29, 0.717) is 30.5 Å². The number of rotatable bonds is 6. The van der Waals surface area contributed by atoms with Crippen molar-refractivity contribution in [1.82, 2.24) is 24.8 Å². The van der Waals surface area contributed by atoms with Crippen molar-refractivity contribution in [2.24, 2.45) is 0 Å². The standard InChI is InChI=1S/C30H32F2N6O4/c1-30(2,3)41-29(40)37-12-10-24(11-13-37)36(4)28-33-27(35-42-28)20-7-5-6-19(14-20)18-38-26(39)9-8-25(34-38)21-15-22(31)17-23(32)16-21/h5-9,14-17,24H,10-13,18H2,1-4H3. The number of halogens is 2. The van der Waals surface area contributed by atoms with E-state index in [4.69, 9.17) is 9.26 Å². The van der Waals surface area contributed by atoms with Crippen molar-refractivity contribution in [3.8, 4) is 22.6 Å². The number of ether oxygens (including phenoxy) is 1. The third kappa shape index (κ3) is 6.81. The minimum absolute atomic E-state index is 0.111. The van der Waals surface area contributed by atoms with E-state index >= 15 is 0 Å². The molecule has 0 spiro atoms. The summed E-state index contributed by atoms with van der Waals surface area (Å²) in [5.74, 6) is -1.07. The van der Waals surface area contributed by atoms with Gasteiger partial charge in [0.25, 0.3) is 5.56 Å². The van der Waals surface area contributed by atoms with Crippen molar-refractivity contribution in [1.29, 1.82) is 0 Å². The van der Waals surface area contributed by atoms with Crippen LogP contribution >= 0.6 is 0 Å². The van der Waals surface area contributed by atoms with Crippen LogP contribution in [0, 0.1) is 11.6 Å². The predicted molar refractivity (Wildman–Crippen MR) is 152 cm³/mol. The zero-order valence-corrected chi connectivity index (χ0v) is 23.9. The number of likely N-dealkylation sites (tertiary alicyclic amines) is 1. The molecule has 12 heteroatoms. The summed E-state index contributed by atoms with van der Waals surface area (Å²) >= 11 is 0. The van der Waals surface area contributed by atoms with E-state index in [2.05, 4.69) is 15.2 Å². The first-order chi connectivity index (χ1) is 19.9. The highest BCUT2D eigenvalue weighted by atomic mass is 19.1. The first kappa shape index (κ1) is 28.9. The van der Waals surface area contributed by atoms with E-state index in [1.807, 2.05) is 57.0 Å². The van der Waals surface area contributed by atoms with E-state index in [1.54, 1.807) is 4.90 Å². The molecule has 0 bridgehead atoms. The Morgan fingerprint density at radius 2 is 1.76 bits per heavy atom. The van der Waals surface area contributed by atoms with Crippen molar-refractivity contribution >= 4 is 12.1 Å². The van der Waals surface area contributed by atoms with Gasteiger partial charge in [0.05, 0.1) is 12.2 Å². The van der Waals surface area contributed by atoms with Gasteiger partial charge in [0.1, 0.15) is 17.2 Å². The number of amides is 1. The Balaban J connectivity index is 1.26. The normalized spacial score (nSPS) is 14.2. The van der Waals surface area contributed by atoms with Crippen LogP contribution < -0.4 is 10.5 Å². The van der Waals surface area contributed by atoms with Crippen molar-refractivity contribution in [2.75, 3.05) is 25.0 Å². The molecule has 2 aromatic heterocycles. The Morgan fingerprint density at radius 3 is 2.45 bits per heavy atom. The summed E-state index contributed by atoms with van der Waals surface area (Å²) < 4.78 is 39.7. The first-order valence-corrected chi connectivity index (χ1v) is 13.6. The molecular formula is C30H32F2N6O4. The van der Waals surface area contributed by atoms with Crippen molar-refractivity contribution in [2.45, 2.75) is 51.8 Å². The maximum Gasteiger partial charge on any atom is 0.410 e. The van der Waals surface area contributed by atoms with Gasteiger partial charge in [0.15, 0.2) is 0 Å². The van der Waals surface area contributed by atoms with Gasteiger partial charge in [-0.05, 0) is 63.4 Å². The molecule has 4 aromatic rings. The van der Waals surface area contributed by atoms with Crippen LogP contribution in [0.2, 0.25) is 0 Å². The van der Waals surface area contributed by atoms with E-state index < -0.39 is 17.2 Å². The monoisotopic (exact) mass is 578 g/mol. The topological polar surface area (TPSA) is 107 Å². The molecule has 3 heterocycles. The second kappa shape index (κ2) is 11.7. The largest absolute Gasteiger partial charge is 0.444 e. The van der Waals surface area contributed by atoms with Crippen LogP contribution in [0.25, 0.3) is 22.6 Å². The van der Waals surface area contributed by atoms with Gasteiger partial charge >= 0.3 is 12.1 Å². The van der Waals surface area contributed by atoms with Crippen molar-refractivity contribution in [3.05, 3.63) is 82.1 Å². The second-order valence-corrected chi connectivity index (χ2v) is 11.3. The van der Waals surface area contributed by atoms with E-state index in [-0.39, 0.29) is 35.5 Å². The Morgan fingerprint density at radius 1 is 1.05 bits per heavy atom. The zero-order chi connectivity index (χ0) is 30.0. The lowest BCUT2D eigenvalue weighted by molar-refractivity contribution is 0.0205. The molecule has 0 atom stereocenters. The minimum Gasteiger partial charge on any atom is -0.444 e. The summed E-state index contributed by atoms with van der Waals surface area (Å²) in [6.07, 6.45) is 1.15.